The summed E-state index contributed by atoms with van der Waals surface area (Å²) >= 11 is 0. The van der Waals surface area contributed by atoms with Gasteiger partial charge in [-0.2, -0.15) is 0 Å². The van der Waals surface area contributed by atoms with E-state index in [1.54, 1.807) is 19.2 Å². The fourth-order valence-electron chi connectivity index (χ4n) is 1.98. The number of carbonyl (C=O) groups is 1. The second kappa shape index (κ2) is 7.45. The van der Waals surface area contributed by atoms with Gasteiger partial charge in [0.15, 0.2) is 18.2 Å². The zero-order valence-corrected chi connectivity index (χ0v) is 12.5. The van der Waals surface area contributed by atoms with Gasteiger partial charge in [-0.05, 0) is 36.8 Å². The Bertz CT molecular complexity index is 645. The highest BCUT2D eigenvalue weighted by atomic mass is 19.1. The number of amides is 1. The summed E-state index contributed by atoms with van der Waals surface area (Å²) in [6.45, 7) is 1.62. The number of para-hydroxylation sites is 1. The zero-order chi connectivity index (χ0) is 15.9. The van der Waals surface area contributed by atoms with Crippen LogP contribution < -0.4 is 14.8 Å². The quantitative estimate of drug-likeness (QED) is 0.892. The maximum absolute atomic E-state index is 13.4. The molecule has 0 heterocycles. The van der Waals surface area contributed by atoms with E-state index in [9.17, 15) is 9.18 Å². The van der Waals surface area contributed by atoms with Crippen molar-refractivity contribution >= 4 is 5.91 Å². The van der Waals surface area contributed by atoms with E-state index in [0.717, 1.165) is 11.3 Å². The second-order valence-electron chi connectivity index (χ2n) is 4.78. The summed E-state index contributed by atoms with van der Waals surface area (Å²) in [6.07, 6.45) is 0. The van der Waals surface area contributed by atoms with Crippen molar-refractivity contribution < 1.29 is 18.7 Å². The Labute approximate surface area is 128 Å². The Balaban J connectivity index is 1.90. The van der Waals surface area contributed by atoms with E-state index in [1.807, 2.05) is 31.2 Å². The van der Waals surface area contributed by atoms with E-state index in [1.165, 1.54) is 12.1 Å². The van der Waals surface area contributed by atoms with Crippen molar-refractivity contribution in [3.05, 3.63) is 59.9 Å². The highest BCUT2D eigenvalue weighted by Gasteiger charge is 2.11. The molecule has 1 amide bonds. The lowest BCUT2D eigenvalue weighted by molar-refractivity contribution is -0.123. The summed E-state index contributed by atoms with van der Waals surface area (Å²) < 4.78 is 23.7. The molecule has 0 fully saturated rings. The Morgan fingerprint density at radius 1 is 1.23 bits per heavy atom. The molecule has 0 aliphatic heterocycles. The summed E-state index contributed by atoms with van der Waals surface area (Å²) in [7, 11) is 1.59. The molecule has 1 atom stereocenters. The van der Waals surface area contributed by atoms with E-state index in [2.05, 4.69) is 5.32 Å². The van der Waals surface area contributed by atoms with E-state index in [4.69, 9.17) is 9.47 Å². The molecule has 0 radical (unpaired) electrons. The highest BCUT2D eigenvalue weighted by Crippen LogP contribution is 2.19. The van der Waals surface area contributed by atoms with Crippen LogP contribution in [0.5, 0.6) is 11.5 Å². The van der Waals surface area contributed by atoms with Crippen LogP contribution in [-0.4, -0.2) is 19.6 Å². The molecule has 22 heavy (non-hydrogen) atoms. The molecule has 4 nitrogen and oxygen atoms in total. The lowest BCUT2D eigenvalue weighted by atomic mass is 10.1. The zero-order valence-electron chi connectivity index (χ0n) is 12.5. The Kier molecular flexibility index (Phi) is 5.36. The minimum absolute atomic E-state index is 0.0617. The molecule has 0 unspecified atom stereocenters. The number of benzene rings is 2. The molecule has 0 aliphatic carbocycles. The lowest BCUT2D eigenvalue weighted by Crippen LogP contribution is -2.31. The van der Waals surface area contributed by atoms with Crippen LogP contribution in [0.1, 0.15) is 18.5 Å². The molecular weight excluding hydrogens is 285 g/mol. The van der Waals surface area contributed by atoms with Crippen molar-refractivity contribution in [3.63, 3.8) is 0 Å². The Morgan fingerprint density at radius 3 is 2.73 bits per heavy atom. The standard InChI is InChI=1S/C17H18FNO3/c1-12(13-6-5-7-14(10-13)21-2)19-17(20)11-22-16-9-4-3-8-15(16)18/h3-10,12H,11H2,1-2H3,(H,19,20)/t12-/m1/s1. The number of rotatable bonds is 6. The number of hydrogen-bond donors (Lipinski definition) is 1. The highest BCUT2D eigenvalue weighted by molar-refractivity contribution is 5.78. The van der Waals surface area contributed by atoms with Gasteiger partial charge in [-0.3, -0.25) is 4.79 Å². The largest absolute Gasteiger partial charge is 0.497 e. The molecule has 0 aliphatic rings. The van der Waals surface area contributed by atoms with Crippen molar-refractivity contribution in [2.45, 2.75) is 13.0 Å². The number of halogens is 1. The predicted octanol–water partition coefficient (Wildman–Crippen LogP) is 3.09. The van der Waals surface area contributed by atoms with Gasteiger partial charge in [0.25, 0.3) is 5.91 Å². The van der Waals surface area contributed by atoms with Crippen LogP contribution >= 0.6 is 0 Å². The van der Waals surface area contributed by atoms with Crippen LogP contribution in [0.3, 0.4) is 0 Å². The maximum Gasteiger partial charge on any atom is 0.258 e. The topological polar surface area (TPSA) is 47.6 Å². The molecule has 2 aromatic carbocycles. The van der Waals surface area contributed by atoms with Gasteiger partial charge >= 0.3 is 0 Å². The van der Waals surface area contributed by atoms with Crippen molar-refractivity contribution in [2.75, 3.05) is 13.7 Å². The molecule has 2 aromatic rings. The van der Waals surface area contributed by atoms with Crippen LogP contribution in [0, 0.1) is 5.82 Å². The summed E-state index contributed by atoms with van der Waals surface area (Å²) in [5.41, 5.74) is 0.915. The number of methoxy groups -OCH3 is 1. The molecule has 5 heteroatoms. The molecular formula is C17H18FNO3. The van der Waals surface area contributed by atoms with E-state index < -0.39 is 5.82 Å². The van der Waals surface area contributed by atoms with Gasteiger partial charge < -0.3 is 14.8 Å². The molecule has 116 valence electrons. The summed E-state index contributed by atoms with van der Waals surface area (Å²) in [4.78, 5) is 11.9. The van der Waals surface area contributed by atoms with Gasteiger partial charge in [0.2, 0.25) is 0 Å². The predicted molar refractivity (Wildman–Crippen MR) is 81.4 cm³/mol. The van der Waals surface area contributed by atoms with Crippen LogP contribution in [0.4, 0.5) is 4.39 Å². The van der Waals surface area contributed by atoms with Gasteiger partial charge in [-0.25, -0.2) is 4.39 Å². The Hall–Kier alpha value is -2.56. The average Bonchev–Trinajstić information content (AvgIpc) is 2.54. The summed E-state index contributed by atoms with van der Waals surface area (Å²) in [6, 6.07) is 13.2. The third kappa shape index (κ3) is 4.22. The van der Waals surface area contributed by atoms with Crippen molar-refractivity contribution in [1.82, 2.24) is 5.32 Å². The minimum atomic E-state index is -0.490. The first-order valence-electron chi connectivity index (χ1n) is 6.91. The number of nitrogens with one attached hydrogen (secondary N) is 1. The molecule has 1 N–H and O–H groups in total. The van der Waals surface area contributed by atoms with Gasteiger partial charge in [-0.1, -0.05) is 24.3 Å². The number of ether oxygens (including phenoxy) is 2. The van der Waals surface area contributed by atoms with Gasteiger partial charge in [-0.15, -0.1) is 0 Å². The number of hydrogen-bond acceptors (Lipinski definition) is 3. The fourth-order valence-corrected chi connectivity index (χ4v) is 1.98. The maximum atomic E-state index is 13.4. The van der Waals surface area contributed by atoms with E-state index >= 15 is 0 Å². The molecule has 2 rings (SSSR count). The van der Waals surface area contributed by atoms with Crippen molar-refractivity contribution in [2.24, 2.45) is 0 Å². The SMILES string of the molecule is COc1cccc([C@@H](C)NC(=O)COc2ccccc2F)c1. The smallest absolute Gasteiger partial charge is 0.258 e. The van der Waals surface area contributed by atoms with Gasteiger partial charge in [0.05, 0.1) is 13.2 Å². The summed E-state index contributed by atoms with van der Waals surface area (Å²) in [5, 5.41) is 2.80. The minimum Gasteiger partial charge on any atom is -0.497 e. The third-order valence-corrected chi connectivity index (χ3v) is 3.17. The van der Waals surface area contributed by atoms with Crippen LogP contribution in [0.15, 0.2) is 48.5 Å². The molecule has 0 spiro atoms. The van der Waals surface area contributed by atoms with E-state index in [0.29, 0.717) is 0 Å². The molecule has 0 saturated heterocycles. The van der Waals surface area contributed by atoms with Crippen molar-refractivity contribution in [1.29, 1.82) is 0 Å². The van der Waals surface area contributed by atoms with Crippen LogP contribution in [-0.2, 0) is 4.79 Å². The first-order valence-corrected chi connectivity index (χ1v) is 6.91. The third-order valence-electron chi connectivity index (χ3n) is 3.17. The molecule has 0 bridgehead atoms. The van der Waals surface area contributed by atoms with Crippen molar-refractivity contribution in [3.8, 4) is 11.5 Å². The molecule has 0 saturated carbocycles. The Morgan fingerprint density at radius 2 is 2.00 bits per heavy atom. The molecule has 0 aromatic heterocycles. The monoisotopic (exact) mass is 303 g/mol. The van der Waals surface area contributed by atoms with Gasteiger partial charge in [0.1, 0.15) is 5.75 Å². The average molecular weight is 303 g/mol. The van der Waals surface area contributed by atoms with Crippen LogP contribution in [0.25, 0.3) is 0 Å². The van der Waals surface area contributed by atoms with E-state index in [-0.39, 0.29) is 24.3 Å². The lowest BCUT2D eigenvalue weighted by Gasteiger charge is -2.15. The second-order valence-corrected chi connectivity index (χ2v) is 4.78. The number of carbonyl (C=O) groups excluding carboxylic acids is 1. The summed E-state index contributed by atoms with van der Waals surface area (Å²) in [5.74, 6) is -0.0254. The van der Waals surface area contributed by atoms with Gasteiger partial charge in [0, 0.05) is 0 Å². The first-order chi connectivity index (χ1) is 10.6. The van der Waals surface area contributed by atoms with Crippen LogP contribution in [0.2, 0.25) is 0 Å². The fraction of sp³-hybridized carbons (Fsp3) is 0.235. The normalized spacial score (nSPS) is 11.6. The first kappa shape index (κ1) is 15.8.